The van der Waals surface area contributed by atoms with E-state index in [1.165, 1.54) is 28.0 Å². The zero-order valence-electron chi connectivity index (χ0n) is 16.3. The Kier molecular flexibility index (Phi) is 6.87. The van der Waals surface area contributed by atoms with Gasteiger partial charge in [-0.1, -0.05) is 30.0 Å². The fraction of sp³-hybridized carbons (Fsp3) is 0.444. The molecule has 1 amide bonds. The minimum absolute atomic E-state index is 0.153. The van der Waals surface area contributed by atoms with Crippen molar-refractivity contribution in [3.8, 4) is 5.75 Å². The molecule has 150 valence electrons. The molecule has 8 nitrogen and oxygen atoms in total. The molecule has 2 heterocycles. The van der Waals surface area contributed by atoms with Crippen LogP contribution in [0.5, 0.6) is 5.75 Å². The Balaban J connectivity index is 1.57. The summed E-state index contributed by atoms with van der Waals surface area (Å²) in [7, 11) is 4.10. The molecule has 0 bridgehead atoms. The van der Waals surface area contributed by atoms with Crippen molar-refractivity contribution < 1.29 is 18.8 Å². The van der Waals surface area contributed by atoms with Crippen LogP contribution in [-0.2, 0) is 4.79 Å². The Morgan fingerprint density at radius 1 is 1.36 bits per heavy atom. The van der Waals surface area contributed by atoms with Gasteiger partial charge in [-0.3, -0.25) is 4.79 Å². The summed E-state index contributed by atoms with van der Waals surface area (Å²) in [6.45, 7) is 4.63. The van der Waals surface area contributed by atoms with Gasteiger partial charge in [0.15, 0.2) is 11.2 Å². The summed E-state index contributed by atoms with van der Waals surface area (Å²) in [6.07, 6.45) is 0.901. The van der Waals surface area contributed by atoms with Crippen LogP contribution in [0.3, 0.4) is 0 Å². The molecule has 28 heavy (non-hydrogen) atoms. The smallest absolute Gasteiger partial charge is 0.277 e. The Labute approximate surface area is 171 Å². The molecule has 0 saturated heterocycles. The summed E-state index contributed by atoms with van der Waals surface area (Å²) in [4.78, 5) is 17.9. The maximum atomic E-state index is 12.3. The fourth-order valence-corrected chi connectivity index (χ4v) is 4.23. The Bertz CT molecular complexity index is 940. The van der Waals surface area contributed by atoms with E-state index in [0.717, 1.165) is 22.4 Å². The van der Waals surface area contributed by atoms with E-state index in [2.05, 4.69) is 27.4 Å². The van der Waals surface area contributed by atoms with Crippen LogP contribution in [0.4, 0.5) is 5.13 Å². The normalized spacial score (nSPS) is 12.5. The molecule has 3 aromatic rings. The molecular formula is C18H24N5O3S2+. The van der Waals surface area contributed by atoms with Crippen molar-refractivity contribution in [3.05, 3.63) is 24.1 Å². The van der Waals surface area contributed by atoms with E-state index in [-0.39, 0.29) is 17.7 Å². The summed E-state index contributed by atoms with van der Waals surface area (Å²) in [6, 6.07) is 5.84. The van der Waals surface area contributed by atoms with Gasteiger partial charge < -0.3 is 19.4 Å². The monoisotopic (exact) mass is 422 g/mol. The lowest BCUT2D eigenvalue weighted by Gasteiger charge is -2.15. The molecule has 0 spiro atoms. The van der Waals surface area contributed by atoms with Gasteiger partial charge in [0.05, 0.1) is 36.7 Å². The van der Waals surface area contributed by atoms with Gasteiger partial charge in [0.25, 0.3) is 11.1 Å². The molecule has 0 fully saturated rings. The maximum absolute atomic E-state index is 12.3. The largest absolute Gasteiger partial charge is 0.494 e. The van der Waals surface area contributed by atoms with Crippen LogP contribution < -0.4 is 15.0 Å². The molecule has 10 heteroatoms. The van der Waals surface area contributed by atoms with Crippen LogP contribution in [0.1, 0.15) is 32.2 Å². The Morgan fingerprint density at radius 2 is 2.18 bits per heavy atom. The first-order valence-corrected chi connectivity index (χ1v) is 10.9. The number of anilines is 1. The molecule has 2 aromatic heterocycles. The highest BCUT2D eigenvalue weighted by Crippen LogP contribution is 2.29. The average Bonchev–Trinajstić information content (AvgIpc) is 3.27. The van der Waals surface area contributed by atoms with E-state index in [9.17, 15) is 4.79 Å². The van der Waals surface area contributed by atoms with Crippen molar-refractivity contribution >= 4 is 44.4 Å². The second-order valence-corrected chi connectivity index (χ2v) is 8.32. The number of nitrogens with one attached hydrogen (secondary N) is 2. The minimum Gasteiger partial charge on any atom is -0.494 e. The van der Waals surface area contributed by atoms with Crippen molar-refractivity contribution in [2.75, 3.05) is 31.8 Å². The van der Waals surface area contributed by atoms with Gasteiger partial charge in [-0.15, -0.1) is 10.2 Å². The number of carbonyl (C=O) groups excluding carboxylic acids is 1. The third kappa shape index (κ3) is 5.00. The van der Waals surface area contributed by atoms with E-state index in [4.69, 9.17) is 9.15 Å². The van der Waals surface area contributed by atoms with E-state index in [1.807, 2.05) is 39.2 Å². The van der Waals surface area contributed by atoms with Gasteiger partial charge in [0, 0.05) is 6.42 Å². The molecule has 0 aliphatic heterocycles. The predicted octanol–water partition coefficient (Wildman–Crippen LogP) is 2.40. The number of quaternary nitrogens is 1. The first-order chi connectivity index (χ1) is 13.5. The Morgan fingerprint density at radius 3 is 2.89 bits per heavy atom. The molecule has 0 radical (unpaired) electrons. The number of ether oxygens (including phenoxy) is 1. The highest BCUT2D eigenvalue weighted by Gasteiger charge is 2.23. The summed E-state index contributed by atoms with van der Waals surface area (Å²) in [5, 5.41) is 11.9. The topological polar surface area (TPSA) is 94.6 Å². The lowest BCUT2D eigenvalue weighted by atomic mass is 10.2. The summed E-state index contributed by atoms with van der Waals surface area (Å²) in [5.41, 5.74) is 0.828. The van der Waals surface area contributed by atoms with E-state index >= 15 is 0 Å². The van der Waals surface area contributed by atoms with Crippen molar-refractivity contribution in [3.63, 3.8) is 0 Å². The molecule has 0 saturated carbocycles. The first-order valence-electron chi connectivity index (χ1n) is 9.09. The lowest BCUT2D eigenvalue weighted by molar-refractivity contribution is -0.894. The van der Waals surface area contributed by atoms with E-state index < -0.39 is 0 Å². The van der Waals surface area contributed by atoms with Crippen LogP contribution >= 0.6 is 23.1 Å². The summed E-state index contributed by atoms with van der Waals surface area (Å²) < 4.78 is 12.2. The van der Waals surface area contributed by atoms with Gasteiger partial charge >= 0.3 is 0 Å². The van der Waals surface area contributed by atoms with Crippen molar-refractivity contribution in [1.29, 1.82) is 0 Å². The lowest BCUT2D eigenvalue weighted by Crippen LogP contribution is -3.06. The number of hydrogen-bond acceptors (Lipinski definition) is 8. The second-order valence-electron chi connectivity index (χ2n) is 6.36. The van der Waals surface area contributed by atoms with Crippen LogP contribution in [-0.4, -0.2) is 47.5 Å². The average molecular weight is 423 g/mol. The van der Waals surface area contributed by atoms with Gasteiger partial charge in [-0.25, -0.2) is 4.98 Å². The molecule has 0 unspecified atom stereocenters. The zero-order valence-corrected chi connectivity index (χ0v) is 17.9. The third-order valence-electron chi connectivity index (χ3n) is 4.07. The quantitative estimate of drug-likeness (QED) is 0.511. The number of thioether (sulfide) groups is 1. The molecule has 0 aliphatic rings. The van der Waals surface area contributed by atoms with Gasteiger partial charge in [0.2, 0.25) is 5.91 Å². The number of benzene rings is 1. The fourth-order valence-electron chi connectivity index (χ4n) is 2.75. The molecule has 1 atom stereocenters. The number of thiazole rings is 1. The molecule has 1 aromatic carbocycles. The number of nitrogens with zero attached hydrogens (tertiary/aromatic N) is 3. The molecule has 0 aliphatic carbocycles. The van der Waals surface area contributed by atoms with E-state index in [1.54, 1.807) is 0 Å². The van der Waals surface area contributed by atoms with Crippen molar-refractivity contribution in [2.45, 2.75) is 31.5 Å². The summed E-state index contributed by atoms with van der Waals surface area (Å²) >= 11 is 2.63. The number of fused-ring (bicyclic) bond motifs is 1. The number of rotatable bonds is 9. The van der Waals surface area contributed by atoms with E-state index in [0.29, 0.717) is 22.9 Å². The van der Waals surface area contributed by atoms with Crippen LogP contribution in [0.25, 0.3) is 10.2 Å². The van der Waals surface area contributed by atoms with Gasteiger partial charge in [0.1, 0.15) is 5.75 Å². The molecule has 2 N–H and O–H groups in total. The molecular weight excluding hydrogens is 398 g/mol. The number of hydrogen-bond donors (Lipinski definition) is 2. The van der Waals surface area contributed by atoms with Crippen LogP contribution in [0, 0.1) is 0 Å². The number of aromatic nitrogens is 3. The number of amides is 1. The molecule has 3 rings (SSSR count). The summed E-state index contributed by atoms with van der Waals surface area (Å²) in [5.74, 6) is 1.40. The van der Waals surface area contributed by atoms with Crippen LogP contribution in [0.15, 0.2) is 27.8 Å². The standard InChI is InChI=1S/C18H23N5O3S2/c1-5-13(23(3)4)16-21-22-18(26-16)27-10-15(24)20-17-19-12-8-7-11(25-6-2)9-14(12)28-17/h7-9,13H,5-6,10H2,1-4H3,(H,19,20,24)/p+1/t13-/m0/s1. The Hall–Kier alpha value is -2.17. The van der Waals surface area contributed by atoms with Crippen LogP contribution in [0.2, 0.25) is 0 Å². The SMILES string of the molecule is CCOc1ccc2nc(NC(=O)CSc3nnc([C@H](CC)[NH+](C)C)o3)sc2c1. The second kappa shape index (κ2) is 9.35. The van der Waals surface area contributed by atoms with Gasteiger partial charge in [-0.2, -0.15) is 0 Å². The minimum atomic E-state index is -0.167. The first kappa shape index (κ1) is 20.6. The highest BCUT2D eigenvalue weighted by atomic mass is 32.2. The maximum Gasteiger partial charge on any atom is 0.277 e. The van der Waals surface area contributed by atoms with Crippen molar-refractivity contribution in [1.82, 2.24) is 15.2 Å². The third-order valence-corrected chi connectivity index (χ3v) is 5.82. The highest BCUT2D eigenvalue weighted by molar-refractivity contribution is 7.99. The predicted molar refractivity (Wildman–Crippen MR) is 110 cm³/mol. The number of carbonyl (C=O) groups is 1. The zero-order chi connectivity index (χ0) is 20.1. The van der Waals surface area contributed by atoms with Gasteiger partial charge in [-0.05, 0) is 25.1 Å². The van der Waals surface area contributed by atoms with Crippen molar-refractivity contribution in [2.24, 2.45) is 0 Å².